The zero-order valence-corrected chi connectivity index (χ0v) is 9.78. The molecule has 0 aromatic rings. The summed E-state index contributed by atoms with van der Waals surface area (Å²) in [6.07, 6.45) is 0.670. The molecule has 3 nitrogen and oxygen atoms in total. The summed E-state index contributed by atoms with van der Waals surface area (Å²) in [5.74, 6) is 0. The van der Waals surface area contributed by atoms with Crippen LogP contribution in [0.3, 0.4) is 0 Å². The van der Waals surface area contributed by atoms with E-state index in [9.17, 15) is 0 Å². The number of nitrogens with one attached hydrogen (secondary N) is 1. The predicted molar refractivity (Wildman–Crippen MR) is 61.6 cm³/mol. The Bertz CT molecular complexity index is 151. The van der Waals surface area contributed by atoms with Crippen molar-refractivity contribution in [3.05, 3.63) is 0 Å². The zero-order chi connectivity index (χ0) is 9.54. The molecule has 11 heavy (non-hydrogen) atoms. The van der Waals surface area contributed by atoms with E-state index in [0.717, 1.165) is 0 Å². The number of hydrogen-bond donors (Lipinski definition) is 1. The summed E-state index contributed by atoms with van der Waals surface area (Å²) < 4.78 is 0. The van der Waals surface area contributed by atoms with Crippen LogP contribution in [0.5, 0.6) is 0 Å². The van der Waals surface area contributed by atoms with Gasteiger partial charge in [0, 0.05) is 7.05 Å². The van der Waals surface area contributed by atoms with Gasteiger partial charge in [0.25, 0.3) is 0 Å². The van der Waals surface area contributed by atoms with Crippen molar-refractivity contribution in [3.8, 4) is 0 Å². The van der Waals surface area contributed by atoms with E-state index < -0.39 is 0 Å². The normalized spacial score (nSPS) is 4.55. The monoisotopic (exact) mass is 225 g/mol. The molecule has 0 aliphatic heterocycles. The minimum absolute atomic E-state index is 0.670. The molecule has 0 saturated carbocycles. The Hall–Kier alpha value is 0.130. The first kappa shape index (κ1) is 17.3. The van der Waals surface area contributed by atoms with Crippen LogP contribution in [0, 0.1) is 5.16 Å². The molecule has 0 rings (SSSR count). The Labute approximate surface area is 81.7 Å². The Kier molecular flexibility index (Phi) is 50.4. The average molecular weight is 225 g/mol. The van der Waals surface area contributed by atoms with Gasteiger partial charge in [-0.05, 0) is 33.5 Å². The molecule has 0 saturated heterocycles. The third-order valence-corrected chi connectivity index (χ3v) is 0.741. The van der Waals surface area contributed by atoms with Gasteiger partial charge in [0.1, 0.15) is 0 Å². The fourth-order valence-electron chi connectivity index (χ4n) is 0.0373. The van der Waals surface area contributed by atoms with Crippen LogP contribution in [0.25, 0.3) is 0 Å². The van der Waals surface area contributed by atoms with Gasteiger partial charge >= 0.3 is 0 Å². The molecule has 1 unspecified atom stereocenters. The lowest BCUT2D eigenvalue weighted by atomic mass is 11.4. The van der Waals surface area contributed by atoms with E-state index in [1.807, 2.05) is 0 Å². The van der Waals surface area contributed by atoms with Gasteiger partial charge < -0.3 is 0 Å². The van der Waals surface area contributed by atoms with Gasteiger partial charge in [0.2, 0.25) is 0 Å². The first-order valence-corrected chi connectivity index (χ1v) is 4.41. The fraction of sp³-hybridized carbons (Fsp3) is 0.500. The molecule has 0 radical (unpaired) electrons. The highest BCUT2D eigenvalue weighted by Gasteiger charge is 1.49. The number of thiocarbonyl (C=S) groups is 2. The van der Waals surface area contributed by atoms with Gasteiger partial charge in [-0.25, -0.2) is 9.98 Å². The number of aliphatic imine (C=N–C) groups is 2. The maximum Gasteiger partial charge on any atom is 0.0631 e. The number of nitrogens with zero attached hydrogens (tertiary/aromatic N) is 2. The number of rotatable bonds is 1. The Balaban J connectivity index is -0.0000000965. The van der Waals surface area contributed by atoms with Crippen LogP contribution in [0.2, 0.25) is 0 Å². The van der Waals surface area contributed by atoms with E-state index in [-0.39, 0.29) is 0 Å². The van der Waals surface area contributed by atoms with Crippen molar-refractivity contribution in [2.24, 2.45) is 9.98 Å². The van der Waals surface area contributed by atoms with Crippen molar-refractivity contribution >= 4 is 53.0 Å². The molecule has 62 valence electrons. The van der Waals surface area contributed by atoms with Crippen LogP contribution < -0.4 is 0 Å². The first-order chi connectivity index (χ1) is 5.33. The SMILES string of the molecule is CN=C=S.N=P.PCN=C=S. The van der Waals surface area contributed by atoms with Crippen LogP contribution in [-0.2, 0) is 0 Å². The summed E-state index contributed by atoms with van der Waals surface area (Å²) in [6, 6.07) is 0. The van der Waals surface area contributed by atoms with E-state index >= 15 is 0 Å². The molecule has 0 aromatic carbocycles. The second-order valence-electron chi connectivity index (χ2n) is 0.747. The van der Waals surface area contributed by atoms with Crippen LogP contribution in [-0.4, -0.2) is 23.7 Å². The molecule has 1 N–H and O–H groups in total. The molecule has 0 spiro atoms. The summed E-state index contributed by atoms with van der Waals surface area (Å²) in [5.41, 5.74) is 0. The van der Waals surface area contributed by atoms with E-state index in [0.29, 0.717) is 6.29 Å². The van der Waals surface area contributed by atoms with Gasteiger partial charge in [-0.3, -0.25) is 5.16 Å². The third kappa shape index (κ3) is 68.3. The standard InChI is InChI=1S/C2H4NPS.C2H3NS.H2NP/c4-1-3-2-5;1-3-2-4;1-2/h1,4H2;1H3;1-2H. The van der Waals surface area contributed by atoms with Crippen molar-refractivity contribution in [1.82, 2.24) is 0 Å². The highest BCUT2D eigenvalue weighted by atomic mass is 32.1. The van der Waals surface area contributed by atoms with Gasteiger partial charge in [-0.2, -0.15) is 0 Å². The summed E-state index contributed by atoms with van der Waals surface area (Å²) in [5, 5.41) is 9.90. The lowest BCUT2D eigenvalue weighted by Gasteiger charge is -1.60. The van der Waals surface area contributed by atoms with Crippen molar-refractivity contribution < 1.29 is 0 Å². The number of hydrogen-bond acceptors (Lipinski definition) is 5. The maximum absolute atomic E-state index is 5.56. The van der Waals surface area contributed by atoms with Crippen LogP contribution in [0.4, 0.5) is 0 Å². The summed E-state index contributed by atoms with van der Waals surface area (Å²) in [7, 11) is 6.22. The van der Waals surface area contributed by atoms with Gasteiger partial charge in [0.05, 0.1) is 16.6 Å². The largest absolute Gasteiger partial charge is 0.287 e. The summed E-state index contributed by atoms with van der Waals surface area (Å²) in [6.45, 7) is 0. The molecule has 0 aliphatic rings. The van der Waals surface area contributed by atoms with Crippen molar-refractivity contribution in [2.75, 3.05) is 13.3 Å². The van der Waals surface area contributed by atoms with E-state index in [4.69, 9.17) is 5.16 Å². The minimum Gasteiger partial charge on any atom is -0.287 e. The lowest BCUT2D eigenvalue weighted by Crippen LogP contribution is -1.49. The van der Waals surface area contributed by atoms with E-state index in [1.165, 1.54) is 0 Å². The quantitative estimate of drug-likeness (QED) is 0.423. The Morgan fingerprint density at radius 2 is 1.82 bits per heavy atom. The summed E-state index contributed by atoms with van der Waals surface area (Å²) in [4.78, 5) is 6.80. The third-order valence-electron chi connectivity index (χ3n) is 0.247. The predicted octanol–water partition coefficient (Wildman–Crippen LogP) is 2.53. The summed E-state index contributed by atoms with van der Waals surface area (Å²) >= 11 is 8.36. The smallest absolute Gasteiger partial charge is 0.0631 e. The van der Waals surface area contributed by atoms with Crippen LogP contribution >= 0.6 is 42.7 Å². The highest BCUT2D eigenvalue weighted by molar-refractivity contribution is 7.78. The molecule has 0 bridgehead atoms. The Morgan fingerprint density at radius 1 is 1.45 bits per heavy atom. The average Bonchev–Trinajstić information content (AvgIpc) is 2.10. The molecular weight excluding hydrogens is 216 g/mol. The van der Waals surface area contributed by atoms with Gasteiger partial charge in [-0.15, -0.1) is 9.24 Å². The van der Waals surface area contributed by atoms with Gasteiger partial charge in [0.15, 0.2) is 0 Å². The molecule has 0 aliphatic carbocycles. The van der Waals surface area contributed by atoms with Crippen LogP contribution in [0.1, 0.15) is 0 Å². The van der Waals surface area contributed by atoms with Gasteiger partial charge in [-0.1, -0.05) is 0 Å². The lowest BCUT2D eigenvalue weighted by molar-refractivity contribution is 1.42. The molecule has 7 heteroatoms. The molecule has 0 aromatic heterocycles. The van der Waals surface area contributed by atoms with Crippen molar-refractivity contribution in [1.29, 1.82) is 5.16 Å². The van der Waals surface area contributed by atoms with Crippen molar-refractivity contribution in [3.63, 3.8) is 0 Å². The topological polar surface area (TPSA) is 48.6 Å². The minimum atomic E-state index is 0.670. The second-order valence-corrected chi connectivity index (χ2v) is 1.48. The maximum atomic E-state index is 5.56. The van der Waals surface area contributed by atoms with E-state index in [2.05, 4.69) is 63.0 Å². The zero-order valence-electron chi connectivity index (χ0n) is 6.00. The van der Waals surface area contributed by atoms with Crippen molar-refractivity contribution in [2.45, 2.75) is 0 Å². The Morgan fingerprint density at radius 3 is 1.82 bits per heavy atom. The number of isothiocyanates is 2. The molecular formula is C4H9N3P2S2. The second kappa shape index (κ2) is 32.1. The molecule has 1 atom stereocenters. The molecule has 0 amide bonds. The molecule has 0 fully saturated rings. The fourth-order valence-corrected chi connectivity index (χ4v) is 0.335. The highest BCUT2D eigenvalue weighted by Crippen LogP contribution is 1.74. The van der Waals surface area contributed by atoms with Crippen LogP contribution in [0.15, 0.2) is 9.98 Å². The van der Waals surface area contributed by atoms with E-state index in [1.54, 1.807) is 7.05 Å². The molecule has 0 heterocycles. The first-order valence-electron chi connectivity index (χ1n) is 2.28.